The second kappa shape index (κ2) is 6.15. The highest BCUT2D eigenvalue weighted by Crippen LogP contribution is 2.35. The molecule has 1 aliphatic rings. The molecule has 2 aromatic rings. The van der Waals surface area contributed by atoms with Crippen LogP contribution in [0.5, 0.6) is 0 Å². The van der Waals surface area contributed by atoms with E-state index >= 15 is 0 Å². The number of aryl methyl sites for hydroxylation is 1. The average molecular weight is 367 g/mol. The molecule has 0 saturated carbocycles. The van der Waals surface area contributed by atoms with Crippen LogP contribution >= 0.6 is 0 Å². The van der Waals surface area contributed by atoms with Crippen molar-refractivity contribution in [3.05, 3.63) is 46.8 Å². The second-order valence-electron chi connectivity index (χ2n) is 6.11. The average Bonchev–Trinajstić information content (AvgIpc) is 3.03. The van der Waals surface area contributed by atoms with Gasteiger partial charge in [-0.3, -0.25) is 9.48 Å². The van der Waals surface area contributed by atoms with E-state index in [2.05, 4.69) is 5.10 Å². The lowest BCUT2D eigenvalue weighted by atomic mass is 10.0. The molecule has 1 N–H and O–H groups in total. The number of halogens is 3. The number of rotatable bonds is 3. The number of aromatic nitrogens is 2. The normalized spacial score (nSPS) is 17.3. The van der Waals surface area contributed by atoms with Gasteiger partial charge in [0.15, 0.2) is 0 Å². The van der Waals surface area contributed by atoms with Crippen LogP contribution in [0.1, 0.15) is 51.9 Å². The number of anilines is 1. The lowest BCUT2D eigenvalue weighted by Crippen LogP contribution is -2.43. The Morgan fingerprint density at radius 3 is 2.65 bits per heavy atom. The SMILES string of the molecule is CCc1cc(N2C[C@H](C)n3ncc(C(=O)O)c3C2=O)ccc1C(F)(F)F. The maximum atomic E-state index is 13.1. The highest BCUT2D eigenvalue weighted by Gasteiger charge is 2.37. The summed E-state index contributed by atoms with van der Waals surface area (Å²) in [6, 6.07) is 3.21. The lowest BCUT2D eigenvalue weighted by Gasteiger charge is -2.32. The molecule has 0 radical (unpaired) electrons. The molecule has 1 aliphatic heterocycles. The van der Waals surface area contributed by atoms with Gasteiger partial charge in [-0.1, -0.05) is 6.92 Å². The molecule has 9 heteroatoms. The van der Waals surface area contributed by atoms with Crippen molar-refractivity contribution in [1.29, 1.82) is 0 Å². The quantitative estimate of drug-likeness (QED) is 0.902. The van der Waals surface area contributed by atoms with Crippen LogP contribution in [0.25, 0.3) is 0 Å². The van der Waals surface area contributed by atoms with E-state index in [9.17, 15) is 27.9 Å². The highest BCUT2D eigenvalue weighted by molar-refractivity contribution is 6.11. The number of benzene rings is 1. The number of carboxylic acids is 1. The minimum Gasteiger partial charge on any atom is -0.478 e. The first-order valence-corrected chi connectivity index (χ1v) is 7.98. The van der Waals surface area contributed by atoms with Gasteiger partial charge in [-0.15, -0.1) is 0 Å². The summed E-state index contributed by atoms with van der Waals surface area (Å²) in [7, 11) is 0. The summed E-state index contributed by atoms with van der Waals surface area (Å²) in [6.45, 7) is 3.54. The second-order valence-corrected chi connectivity index (χ2v) is 6.11. The van der Waals surface area contributed by atoms with Crippen LogP contribution in [0.15, 0.2) is 24.4 Å². The van der Waals surface area contributed by atoms with Gasteiger partial charge in [0.05, 0.1) is 17.8 Å². The number of carbonyl (C=O) groups excluding carboxylic acids is 1. The number of nitrogens with zero attached hydrogens (tertiary/aromatic N) is 3. The fraction of sp³-hybridized carbons (Fsp3) is 0.353. The number of hydrogen-bond acceptors (Lipinski definition) is 3. The standard InChI is InChI=1S/C17H16F3N3O3/c1-3-10-6-11(4-5-13(10)17(18,19)20)22-8-9(2)23-14(15(22)24)12(7-21-23)16(25)26/h4-7,9H,3,8H2,1-2H3,(H,25,26)/t9-/m0/s1. The van der Waals surface area contributed by atoms with Gasteiger partial charge in [-0.2, -0.15) is 18.3 Å². The molecule has 1 aromatic carbocycles. The van der Waals surface area contributed by atoms with Gasteiger partial charge < -0.3 is 10.0 Å². The molecule has 3 rings (SSSR count). The number of carbonyl (C=O) groups is 2. The topological polar surface area (TPSA) is 75.4 Å². The zero-order valence-electron chi connectivity index (χ0n) is 14.0. The Balaban J connectivity index is 2.07. The Bertz CT molecular complexity index is 889. The summed E-state index contributed by atoms with van der Waals surface area (Å²) < 4.78 is 40.6. The number of aromatic carboxylic acids is 1. The van der Waals surface area contributed by atoms with Gasteiger partial charge in [-0.05, 0) is 37.1 Å². The van der Waals surface area contributed by atoms with Crippen LogP contribution in [0, 0.1) is 0 Å². The molecule has 0 unspecified atom stereocenters. The van der Waals surface area contributed by atoms with Crippen molar-refractivity contribution in [2.75, 3.05) is 11.4 Å². The Hall–Kier alpha value is -2.84. The first-order chi connectivity index (χ1) is 12.1. The van der Waals surface area contributed by atoms with Crippen LogP contribution in [-0.2, 0) is 12.6 Å². The molecule has 1 aromatic heterocycles. The first-order valence-electron chi connectivity index (χ1n) is 7.98. The summed E-state index contributed by atoms with van der Waals surface area (Å²) in [5, 5.41) is 13.2. The number of amides is 1. The van der Waals surface area contributed by atoms with Gasteiger partial charge in [0, 0.05) is 12.2 Å². The number of alkyl halides is 3. The van der Waals surface area contributed by atoms with Crippen LogP contribution < -0.4 is 4.90 Å². The third-order valence-electron chi connectivity index (χ3n) is 4.42. The molecule has 0 aliphatic carbocycles. The van der Waals surface area contributed by atoms with Crippen molar-refractivity contribution in [2.45, 2.75) is 32.5 Å². The molecule has 0 bridgehead atoms. The Morgan fingerprint density at radius 2 is 2.08 bits per heavy atom. The fourth-order valence-corrected chi connectivity index (χ4v) is 3.16. The predicted octanol–water partition coefficient (Wildman–Crippen LogP) is 3.38. The summed E-state index contributed by atoms with van der Waals surface area (Å²) in [5.74, 6) is -1.88. The van der Waals surface area contributed by atoms with Crippen LogP contribution in [-0.4, -0.2) is 33.3 Å². The van der Waals surface area contributed by atoms with E-state index in [0.29, 0.717) is 5.69 Å². The van der Waals surface area contributed by atoms with E-state index < -0.39 is 23.6 Å². The smallest absolute Gasteiger partial charge is 0.416 e. The van der Waals surface area contributed by atoms with Gasteiger partial charge in [0.1, 0.15) is 11.3 Å². The molecule has 2 heterocycles. The number of hydrogen-bond donors (Lipinski definition) is 1. The maximum absolute atomic E-state index is 13.1. The fourth-order valence-electron chi connectivity index (χ4n) is 3.16. The zero-order chi connectivity index (χ0) is 19.2. The molecule has 0 saturated heterocycles. The molecular weight excluding hydrogens is 351 g/mol. The predicted molar refractivity (Wildman–Crippen MR) is 86.4 cm³/mol. The minimum absolute atomic E-state index is 0.0748. The Kier molecular flexibility index (Phi) is 4.25. The van der Waals surface area contributed by atoms with Crippen LogP contribution in [0.3, 0.4) is 0 Å². The number of fused-ring (bicyclic) bond motifs is 1. The molecule has 6 nitrogen and oxygen atoms in total. The molecule has 0 spiro atoms. The molecule has 1 atom stereocenters. The van der Waals surface area contributed by atoms with Crippen molar-refractivity contribution in [3.8, 4) is 0 Å². The van der Waals surface area contributed by atoms with E-state index in [0.717, 1.165) is 12.3 Å². The van der Waals surface area contributed by atoms with Crippen LogP contribution in [0.2, 0.25) is 0 Å². The number of carboxylic acid groups (broad SMARTS) is 1. The van der Waals surface area contributed by atoms with E-state index in [1.54, 1.807) is 13.8 Å². The molecule has 26 heavy (non-hydrogen) atoms. The van der Waals surface area contributed by atoms with E-state index in [1.165, 1.54) is 21.7 Å². The Morgan fingerprint density at radius 1 is 1.38 bits per heavy atom. The summed E-state index contributed by atoms with van der Waals surface area (Å²) in [6.07, 6.45) is -3.21. The van der Waals surface area contributed by atoms with Crippen molar-refractivity contribution in [3.63, 3.8) is 0 Å². The molecule has 138 valence electrons. The van der Waals surface area contributed by atoms with Crippen molar-refractivity contribution >= 4 is 17.6 Å². The summed E-state index contributed by atoms with van der Waals surface area (Å²) in [4.78, 5) is 25.4. The van der Waals surface area contributed by atoms with Gasteiger partial charge >= 0.3 is 12.1 Å². The van der Waals surface area contributed by atoms with Crippen molar-refractivity contribution in [1.82, 2.24) is 9.78 Å². The highest BCUT2D eigenvalue weighted by atomic mass is 19.4. The minimum atomic E-state index is -4.47. The third kappa shape index (κ3) is 2.83. The zero-order valence-corrected chi connectivity index (χ0v) is 14.0. The van der Waals surface area contributed by atoms with E-state index in [1.807, 2.05) is 0 Å². The Labute approximate surface area is 146 Å². The van der Waals surface area contributed by atoms with Gasteiger partial charge in [0.2, 0.25) is 0 Å². The van der Waals surface area contributed by atoms with E-state index in [-0.39, 0.29) is 35.8 Å². The first kappa shape index (κ1) is 18.0. The summed E-state index contributed by atoms with van der Waals surface area (Å²) in [5.41, 5.74) is -0.663. The van der Waals surface area contributed by atoms with Crippen molar-refractivity contribution in [2.24, 2.45) is 0 Å². The third-order valence-corrected chi connectivity index (χ3v) is 4.42. The molecular formula is C17H16F3N3O3. The van der Waals surface area contributed by atoms with Gasteiger partial charge in [-0.25, -0.2) is 4.79 Å². The van der Waals surface area contributed by atoms with E-state index in [4.69, 9.17) is 0 Å². The monoisotopic (exact) mass is 367 g/mol. The lowest BCUT2D eigenvalue weighted by molar-refractivity contribution is -0.138. The van der Waals surface area contributed by atoms with Gasteiger partial charge in [0.25, 0.3) is 5.91 Å². The molecule has 1 amide bonds. The largest absolute Gasteiger partial charge is 0.478 e. The molecule has 0 fully saturated rings. The van der Waals surface area contributed by atoms with Crippen molar-refractivity contribution < 1.29 is 27.9 Å². The summed E-state index contributed by atoms with van der Waals surface area (Å²) >= 11 is 0. The van der Waals surface area contributed by atoms with Crippen LogP contribution in [0.4, 0.5) is 18.9 Å². The maximum Gasteiger partial charge on any atom is 0.416 e.